The highest BCUT2D eigenvalue weighted by atomic mass is 19.4. The summed E-state index contributed by atoms with van der Waals surface area (Å²) >= 11 is 0. The maximum Gasteiger partial charge on any atom is 0.416 e. The molecule has 0 radical (unpaired) electrons. The van der Waals surface area contributed by atoms with Crippen LogP contribution in [0.25, 0.3) is 0 Å². The molecule has 2 heterocycles. The number of hydrogen-bond donors (Lipinski definition) is 2. The van der Waals surface area contributed by atoms with Crippen molar-refractivity contribution in [3.63, 3.8) is 0 Å². The Kier molecular flexibility index (Phi) is 7.50. The maximum atomic E-state index is 12.7. The smallest absolute Gasteiger partial charge is 0.416 e. The quantitative estimate of drug-likeness (QED) is 0.490. The monoisotopic (exact) mass is 488 g/mol. The number of alkyl halides is 3. The zero-order valence-corrected chi connectivity index (χ0v) is 19.2. The number of carbonyl (C=O) groups is 1. The Morgan fingerprint density at radius 1 is 1.03 bits per heavy atom. The number of ether oxygens (including phenoxy) is 1. The van der Waals surface area contributed by atoms with E-state index >= 15 is 0 Å². The van der Waals surface area contributed by atoms with Crippen LogP contribution in [-0.2, 0) is 6.18 Å². The summed E-state index contributed by atoms with van der Waals surface area (Å²) in [5.41, 5.74) is 0.627. The lowest BCUT2D eigenvalue weighted by atomic mass is 10.1. The summed E-state index contributed by atoms with van der Waals surface area (Å²) in [5, 5.41) is 5.39. The van der Waals surface area contributed by atoms with Crippen molar-refractivity contribution in [1.82, 2.24) is 10.2 Å². The number of methoxy groups -OCH3 is 1. The van der Waals surface area contributed by atoms with Crippen molar-refractivity contribution in [3.8, 4) is 5.75 Å². The third kappa shape index (κ3) is 6.27. The van der Waals surface area contributed by atoms with E-state index in [-0.39, 0.29) is 18.3 Å². The molecule has 10 heteroatoms. The first-order chi connectivity index (χ1) is 16.8. The summed E-state index contributed by atoms with van der Waals surface area (Å²) in [4.78, 5) is 17.0. The van der Waals surface area contributed by atoms with Crippen LogP contribution in [-0.4, -0.2) is 50.8 Å². The number of halogens is 3. The number of hydrogen-bond acceptors (Lipinski definition) is 5. The molecule has 0 bridgehead atoms. The minimum atomic E-state index is -4.42. The second-order valence-corrected chi connectivity index (χ2v) is 8.16. The van der Waals surface area contributed by atoms with Gasteiger partial charge in [-0.05, 0) is 60.7 Å². The second kappa shape index (κ2) is 10.7. The minimum Gasteiger partial charge on any atom is -0.497 e. The molecular weight excluding hydrogens is 461 g/mol. The van der Waals surface area contributed by atoms with Crippen LogP contribution in [0.4, 0.5) is 29.3 Å². The highest BCUT2D eigenvalue weighted by Crippen LogP contribution is 2.30. The third-order valence-electron chi connectivity index (χ3n) is 5.99. The molecule has 1 fully saturated rings. The van der Waals surface area contributed by atoms with Gasteiger partial charge in [0.2, 0.25) is 0 Å². The lowest BCUT2D eigenvalue weighted by molar-refractivity contribution is -0.137. The van der Waals surface area contributed by atoms with E-state index in [1.165, 1.54) is 12.1 Å². The van der Waals surface area contributed by atoms with E-state index in [1.54, 1.807) is 19.4 Å². The number of carbonyl (C=O) groups excluding carboxylic acids is 1. The van der Waals surface area contributed by atoms with Gasteiger partial charge in [-0.25, -0.2) is 4.79 Å². The van der Waals surface area contributed by atoms with Crippen LogP contribution in [0.5, 0.6) is 5.75 Å². The van der Waals surface area contributed by atoms with Crippen LogP contribution in [0, 0.1) is 0 Å². The summed E-state index contributed by atoms with van der Waals surface area (Å²) in [6.45, 7) is 3.42. The van der Waals surface area contributed by atoms with E-state index in [0.717, 1.165) is 55.5 Å². The summed E-state index contributed by atoms with van der Waals surface area (Å²) < 4.78 is 49.1. The average molecular weight is 489 g/mol. The molecule has 1 saturated heterocycles. The van der Waals surface area contributed by atoms with E-state index in [9.17, 15) is 18.0 Å². The molecule has 7 nitrogen and oxygen atoms in total. The zero-order valence-electron chi connectivity index (χ0n) is 19.2. The molecule has 1 aliphatic rings. The Labute approximate surface area is 201 Å². The maximum absolute atomic E-state index is 12.7. The fourth-order valence-electron chi connectivity index (χ4n) is 4.08. The zero-order chi connectivity index (χ0) is 24.8. The number of piperazine rings is 1. The van der Waals surface area contributed by atoms with E-state index in [1.807, 2.05) is 30.3 Å². The number of benzene rings is 2. The van der Waals surface area contributed by atoms with Gasteiger partial charge in [0, 0.05) is 44.1 Å². The molecule has 4 rings (SSSR count). The van der Waals surface area contributed by atoms with E-state index in [2.05, 4.69) is 20.4 Å². The number of nitrogens with one attached hydrogen (secondary N) is 2. The Balaban J connectivity index is 1.34. The molecule has 0 spiro atoms. The first-order valence-corrected chi connectivity index (χ1v) is 11.2. The predicted molar refractivity (Wildman–Crippen MR) is 127 cm³/mol. The van der Waals surface area contributed by atoms with Gasteiger partial charge in [0.15, 0.2) is 0 Å². The van der Waals surface area contributed by atoms with Crippen LogP contribution >= 0.6 is 0 Å². The van der Waals surface area contributed by atoms with Crippen LogP contribution in [0.3, 0.4) is 0 Å². The lowest BCUT2D eigenvalue weighted by Crippen LogP contribution is -2.50. The number of nitrogens with zero attached hydrogens (tertiary/aromatic N) is 2. The normalized spacial score (nSPS) is 15.5. The van der Waals surface area contributed by atoms with Crippen LogP contribution in [0.15, 0.2) is 71.3 Å². The van der Waals surface area contributed by atoms with Crippen LogP contribution in [0.2, 0.25) is 0 Å². The number of amides is 2. The molecule has 1 aliphatic heterocycles. The van der Waals surface area contributed by atoms with Crippen molar-refractivity contribution in [3.05, 3.63) is 78.3 Å². The van der Waals surface area contributed by atoms with Crippen LogP contribution < -0.4 is 20.3 Å². The van der Waals surface area contributed by atoms with E-state index < -0.39 is 17.8 Å². The van der Waals surface area contributed by atoms with Gasteiger partial charge in [-0.2, -0.15) is 13.2 Å². The van der Waals surface area contributed by atoms with Crippen molar-refractivity contribution < 1.29 is 27.1 Å². The van der Waals surface area contributed by atoms with Crippen molar-refractivity contribution >= 4 is 17.4 Å². The van der Waals surface area contributed by atoms with Gasteiger partial charge < -0.3 is 24.7 Å². The standard InChI is InChI=1S/C25H27F3N4O3/c1-34-21-10-8-20(9-11-21)31-12-14-32(15-13-31)22(23-3-2-16-35-23)17-29-24(33)30-19-6-4-18(5-7-19)25(26,27)28/h2-11,16,22H,12-15,17H2,1H3,(H2,29,30,33). The number of anilines is 2. The molecule has 3 aromatic rings. The van der Waals surface area contributed by atoms with Crippen molar-refractivity contribution in [2.24, 2.45) is 0 Å². The topological polar surface area (TPSA) is 70.0 Å². The number of furan rings is 1. The summed E-state index contributed by atoms with van der Waals surface area (Å²) in [6, 6.07) is 15.3. The molecule has 0 aliphatic carbocycles. The molecule has 35 heavy (non-hydrogen) atoms. The molecule has 2 N–H and O–H groups in total. The van der Waals surface area contributed by atoms with Gasteiger partial charge in [-0.1, -0.05) is 0 Å². The average Bonchev–Trinajstić information content (AvgIpc) is 3.39. The van der Waals surface area contributed by atoms with Gasteiger partial charge in [-0.15, -0.1) is 0 Å². The molecule has 2 aromatic carbocycles. The first-order valence-electron chi connectivity index (χ1n) is 11.2. The highest BCUT2D eigenvalue weighted by Gasteiger charge is 2.30. The first kappa shape index (κ1) is 24.5. The summed E-state index contributed by atoms with van der Waals surface area (Å²) in [5.74, 6) is 1.55. The molecule has 1 unspecified atom stereocenters. The van der Waals surface area contributed by atoms with Crippen LogP contribution in [0.1, 0.15) is 17.4 Å². The number of rotatable bonds is 7. The van der Waals surface area contributed by atoms with E-state index in [0.29, 0.717) is 0 Å². The summed E-state index contributed by atoms with van der Waals surface area (Å²) in [7, 11) is 1.64. The van der Waals surface area contributed by atoms with Gasteiger partial charge in [0.25, 0.3) is 0 Å². The molecule has 1 atom stereocenters. The molecular formula is C25H27F3N4O3. The van der Waals surface area contributed by atoms with Crippen molar-refractivity contribution in [1.29, 1.82) is 0 Å². The van der Waals surface area contributed by atoms with Gasteiger partial charge in [0.05, 0.1) is 25.0 Å². The van der Waals surface area contributed by atoms with Crippen molar-refractivity contribution in [2.45, 2.75) is 12.2 Å². The molecule has 2 amide bonds. The van der Waals surface area contributed by atoms with Gasteiger partial charge in [-0.3, -0.25) is 4.90 Å². The third-order valence-corrected chi connectivity index (χ3v) is 5.99. The largest absolute Gasteiger partial charge is 0.497 e. The molecule has 186 valence electrons. The van der Waals surface area contributed by atoms with E-state index in [4.69, 9.17) is 9.15 Å². The Morgan fingerprint density at radius 3 is 2.29 bits per heavy atom. The highest BCUT2D eigenvalue weighted by molar-refractivity contribution is 5.89. The summed E-state index contributed by atoms with van der Waals surface area (Å²) in [6.07, 6.45) is -2.83. The van der Waals surface area contributed by atoms with Crippen molar-refractivity contribution in [2.75, 3.05) is 50.1 Å². The fraction of sp³-hybridized carbons (Fsp3) is 0.320. The van der Waals surface area contributed by atoms with Gasteiger partial charge in [0.1, 0.15) is 11.5 Å². The SMILES string of the molecule is COc1ccc(N2CCN(C(CNC(=O)Nc3ccc(C(F)(F)F)cc3)c3ccco3)CC2)cc1. The number of urea groups is 1. The lowest BCUT2D eigenvalue weighted by Gasteiger charge is -2.39. The predicted octanol–water partition coefficient (Wildman–Crippen LogP) is 4.99. The van der Waals surface area contributed by atoms with Gasteiger partial charge >= 0.3 is 12.2 Å². The Bertz CT molecular complexity index is 1080. The minimum absolute atomic E-state index is 0.179. The Morgan fingerprint density at radius 2 is 1.71 bits per heavy atom. The molecule has 1 aromatic heterocycles. The fourth-order valence-corrected chi connectivity index (χ4v) is 4.08. The second-order valence-electron chi connectivity index (χ2n) is 8.16. The Hall–Kier alpha value is -3.66. The molecule has 0 saturated carbocycles.